The van der Waals surface area contributed by atoms with Gasteiger partial charge < -0.3 is 32.5 Å². The van der Waals surface area contributed by atoms with E-state index in [1.807, 2.05) is 18.8 Å². The topological polar surface area (TPSA) is 194 Å². The Morgan fingerprint density at radius 3 is 1.47 bits per heavy atom. The molecule has 4 unspecified atom stereocenters. The summed E-state index contributed by atoms with van der Waals surface area (Å²) in [5, 5.41) is 17.1. The molecule has 34 heavy (non-hydrogen) atoms. The monoisotopic (exact) mass is 539 g/mol. The minimum Gasteiger partial charge on any atom is -0.480 e. The molecule has 0 rings (SSSR count). The zero-order chi connectivity index (χ0) is 26.1. The van der Waals surface area contributed by atoms with Gasteiger partial charge in [-0.2, -0.15) is 35.3 Å². The Hall–Kier alpha value is -1.64. The molecule has 196 valence electrons. The zero-order valence-electron chi connectivity index (χ0n) is 19.8. The minimum absolute atomic E-state index is 0.0450. The predicted octanol–water partition coefficient (Wildman–Crippen LogP) is -0.622. The summed E-state index contributed by atoms with van der Waals surface area (Å²) >= 11 is 4.43. The Labute approximate surface area is 213 Å². The van der Waals surface area contributed by atoms with Gasteiger partial charge in [-0.1, -0.05) is 0 Å². The highest BCUT2D eigenvalue weighted by Crippen LogP contribution is 2.08. The maximum Gasteiger partial charge on any atom is 0.326 e. The second kappa shape index (κ2) is 18.7. The van der Waals surface area contributed by atoms with Gasteiger partial charge in [0.2, 0.25) is 23.6 Å². The lowest BCUT2D eigenvalue weighted by atomic mass is 10.1. The van der Waals surface area contributed by atoms with Gasteiger partial charge in [0.15, 0.2) is 0 Å². The molecule has 4 atom stereocenters. The van der Waals surface area contributed by atoms with Gasteiger partial charge in [-0.05, 0) is 61.7 Å². The molecule has 4 amide bonds. The molecule has 0 aliphatic heterocycles. The molecule has 0 saturated carbocycles. The molecule has 0 aliphatic carbocycles. The highest BCUT2D eigenvalue weighted by Gasteiger charge is 2.30. The first-order valence-corrected chi connectivity index (χ1v) is 14.9. The maximum absolute atomic E-state index is 13.0. The van der Waals surface area contributed by atoms with E-state index in [4.69, 9.17) is 11.5 Å². The van der Waals surface area contributed by atoms with Crippen molar-refractivity contribution in [2.24, 2.45) is 11.5 Å². The summed E-state index contributed by atoms with van der Waals surface area (Å²) in [7, 11) is 0. The molecule has 0 aromatic rings. The number of aliphatic carboxylic acids is 1. The summed E-state index contributed by atoms with van der Waals surface area (Å²) in [4.78, 5) is 60.7. The lowest BCUT2D eigenvalue weighted by molar-refractivity contribution is -0.142. The number of carbonyl (C=O) groups is 5. The van der Waals surface area contributed by atoms with Crippen LogP contribution >= 0.6 is 35.3 Å². The van der Waals surface area contributed by atoms with E-state index in [1.54, 1.807) is 0 Å². The van der Waals surface area contributed by atoms with E-state index in [0.29, 0.717) is 23.7 Å². The van der Waals surface area contributed by atoms with Crippen molar-refractivity contribution in [1.82, 2.24) is 16.0 Å². The van der Waals surface area contributed by atoms with Crippen molar-refractivity contribution in [3.8, 4) is 0 Å². The van der Waals surface area contributed by atoms with Crippen molar-refractivity contribution in [2.75, 3.05) is 36.0 Å². The number of carboxylic acids is 1. The van der Waals surface area contributed by atoms with Gasteiger partial charge >= 0.3 is 5.97 Å². The minimum atomic E-state index is -1.15. The van der Waals surface area contributed by atoms with Gasteiger partial charge in [0.1, 0.15) is 18.1 Å². The first-order valence-electron chi connectivity index (χ1n) is 10.7. The Morgan fingerprint density at radius 1 is 0.706 bits per heavy atom. The van der Waals surface area contributed by atoms with Crippen LogP contribution in [-0.4, -0.2) is 94.9 Å². The zero-order valence-corrected chi connectivity index (χ0v) is 22.3. The summed E-state index contributed by atoms with van der Waals surface area (Å²) < 4.78 is 0. The molecule has 0 aromatic carbocycles. The third-order valence-corrected chi connectivity index (χ3v) is 6.68. The fourth-order valence-corrected chi connectivity index (χ4v) is 4.17. The lowest BCUT2D eigenvalue weighted by Gasteiger charge is -2.25. The molecular formula is C20H37N5O6S3. The first-order chi connectivity index (χ1) is 16.1. The molecule has 11 nitrogen and oxygen atoms in total. The van der Waals surface area contributed by atoms with Crippen molar-refractivity contribution in [3.63, 3.8) is 0 Å². The number of rotatable bonds is 19. The molecule has 0 heterocycles. The van der Waals surface area contributed by atoms with Crippen molar-refractivity contribution in [1.29, 1.82) is 0 Å². The van der Waals surface area contributed by atoms with Crippen LogP contribution in [0.25, 0.3) is 0 Å². The maximum atomic E-state index is 13.0. The summed E-state index contributed by atoms with van der Waals surface area (Å²) in [5.74, 6) is -1.82. The Morgan fingerprint density at radius 2 is 1.09 bits per heavy atom. The Bertz CT molecular complexity index is 685. The first kappa shape index (κ1) is 32.4. The lowest BCUT2D eigenvalue weighted by Crippen LogP contribution is -2.57. The molecule has 8 N–H and O–H groups in total. The summed E-state index contributed by atoms with van der Waals surface area (Å²) in [5.41, 5.74) is 10.9. The number of nitrogens with two attached hydrogens (primary N) is 2. The van der Waals surface area contributed by atoms with Crippen LogP contribution in [0.3, 0.4) is 0 Å². The molecule has 14 heteroatoms. The molecular weight excluding hydrogens is 502 g/mol. The predicted molar refractivity (Wildman–Crippen MR) is 139 cm³/mol. The van der Waals surface area contributed by atoms with Gasteiger partial charge in [-0.15, -0.1) is 0 Å². The summed E-state index contributed by atoms with van der Waals surface area (Å²) in [6.45, 7) is 0. The van der Waals surface area contributed by atoms with E-state index in [1.165, 1.54) is 35.3 Å². The molecule has 0 fully saturated rings. The van der Waals surface area contributed by atoms with Crippen LogP contribution in [0.5, 0.6) is 0 Å². The average Bonchev–Trinajstić information content (AvgIpc) is 2.79. The van der Waals surface area contributed by atoms with Gasteiger partial charge in [-0.3, -0.25) is 19.2 Å². The van der Waals surface area contributed by atoms with E-state index in [2.05, 4.69) is 16.0 Å². The van der Waals surface area contributed by atoms with Crippen molar-refractivity contribution in [3.05, 3.63) is 0 Å². The van der Waals surface area contributed by atoms with Crippen LogP contribution in [0.1, 0.15) is 32.1 Å². The molecule has 0 radical (unpaired) electrons. The van der Waals surface area contributed by atoms with Crippen molar-refractivity contribution in [2.45, 2.75) is 56.3 Å². The summed E-state index contributed by atoms with van der Waals surface area (Å²) in [6, 6.07) is -3.99. The Kier molecular flexibility index (Phi) is 17.8. The molecule has 0 saturated heterocycles. The number of carbonyl (C=O) groups excluding carboxylic acids is 4. The van der Waals surface area contributed by atoms with Gasteiger partial charge in [-0.25, -0.2) is 4.79 Å². The Balaban J connectivity index is 5.35. The van der Waals surface area contributed by atoms with E-state index in [0.717, 1.165) is 0 Å². The number of primary amides is 1. The van der Waals surface area contributed by atoms with E-state index < -0.39 is 53.8 Å². The number of hydrogen-bond acceptors (Lipinski definition) is 9. The number of amides is 4. The van der Waals surface area contributed by atoms with E-state index >= 15 is 0 Å². The van der Waals surface area contributed by atoms with Gasteiger partial charge in [0, 0.05) is 6.42 Å². The second-order valence-electron chi connectivity index (χ2n) is 7.48. The van der Waals surface area contributed by atoms with Crippen molar-refractivity contribution < 1.29 is 29.1 Å². The molecule has 0 bridgehead atoms. The van der Waals surface area contributed by atoms with Crippen LogP contribution < -0.4 is 27.4 Å². The third kappa shape index (κ3) is 13.9. The second-order valence-corrected chi connectivity index (χ2v) is 10.4. The average molecular weight is 540 g/mol. The number of thioether (sulfide) groups is 3. The van der Waals surface area contributed by atoms with Crippen LogP contribution in [0, 0.1) is 0 Å². The fraction of sp³-hybridized carbons (Fsp3) is 0.750. The fourth-order valence-electron chi connectivity index (χ4n) is 2.75. The van der Waals surface area contributed by atoms with Crippen LogP contribution in [-0.2, 0) is 24.0 Å². The van der Waals surface area contributed by atoms with Gasteiger partial charge in [0.05, 0.1) is 6.04 Å². The van der Waals surface area contributed by atoms with Crippen LogP contribution in [0.2, 0.25) is 0 Å². The largest absolute Gasteiger partial charge is 0.480 e. The highest BCUT2D eigenvalue weighted by molar-refractivity contribution is 7.98. The van der Waals surface area contributed by atoms with E-state index in [9.17, 15) is 29.1 Å². The number of nitrogens with one attached hydrogen (secondary N) is 3. The number of hydrogen-bond donors (Lipinski definition) is 6. The van der Waals surface area contributed by atoms with Crippen LogP contribution in [0.15, 0.2) is 0 Å². The van der Waals surface area contributed by atoms with Gasteiger partial charge in [0.25, 0.3) is 0 Å². The smallest absolute Gasteiger partial charge is 0.326 e. The summed E-state index contributed by atoms with van der Waals surface area (Å²) in [6.07, 6.45) is 6.36. The number of carboxylic acid groups (broad SMARTS) is 1. The highest BCUT2D eigenvalue weighted by atomic mass is 32.2. The van der Waals surface area contributed by atoms with Crippen LogP contribution in [0.4, 0.5) is 0 Å². The standard InChI is InChI=1S/C20H37N5O6S3/c1-32-9-6-13(23-17(27)12(21)4-5-16(22)26)18(28)24-14(7-10-33-2)19(29)25-15(20(30)31)8-11-34-3/h12-15H,4-11,21H2,1-3H3,(H2,22,26)(H,23,27)(H,24,28)(H,25,29)(H,30,31). The van der Waals surface area contributed by atoms with Crippen molar-refractivity contribution >= 4 is 64.9 Å². The third-order valence-electron chi connectivity index (χ3n) is 4.75. The quantitative estimate of drug-likeness (QED) is 0.123. The molecule has 0 spiro atoms. The molecule has 0 aromatic heterocycles. The SMILES string of the molecule is CSCCC(NC(=O)C(CCSC)NC(=O)C(CCSC)NC(=O)C(N)CCC(N)=O)C(=O)O. The van der Waals surface area contributed by atoms with E-state index in [-0.39, 0.29) is 25.7 Å². The normalized spacial score (nSPS) is 14.4. The molecule has 0 aliphatic rings.